The third-order valence-corrected chi connectivity index (χ3v) is 8.04. The van der Waals surface area contributed by atoms with Crippen LogP contribution in [-0.2, 0) is 9.53 Å². The lowest BCUT2D eigenvalue weighted by Gasteiger charge is -2.44. The van der Waals surface area contributed by atoms with Gasteiger partial charge < -0.3 is 24.2 Å². The Morgan fingerprint density at radius 1 is 0.972 bits per heavy atom. The highest BCUT2D eigenvalue weighted by atomic mass is 32.1. The van der Waals surface area contributed by atoms with E-state index in [4.69, 9.17) is 9.47 Å². The number of amides is 2. The minimum Gasteiger partial charge on any atom is -0.495 e. The molecule has 1 saturated heterocycles. The molecule has 36 heavy (non-hydrogen) atoms. The first-order valence-corrected chi connectivity index (χ1v) is 13.1. The van der Waals surface area contributed by atoms with Crippen LogP contribution in [0.1, 0.15) is 32.8 Å². The molecule has 0 aliphatic carbocycles. The third kappa shape index (κ3) is 4.47. The lowest BCUT2D eigenvalue weighted by Crippen LogP contribution is -2.53. The van der Waals surface area contributed by atoms with E-state index in [2.05, 4.69) is 11.0 Å². The predicted molar refractivity (Wildman–Crippen MR) is 141 cm³/mol. The second-order valence-corrected chi connectivity index (χ2v) is 9.98. The smallest absolute Gasteiger partial charge is 0.254 e. The molecule has 0 saturated carbocycles. The van der Waals surface area contributed by atoms with Crippen molar-refractivity contribution >= 4 is 28.8 Å². The van der Waals surface area contributed by atoms with Gasteiger partial charge in [-0.3, -0.25) is 9.59 Å². The largest absolute Gasteiger partial charge is 0.495 e. The van der Waals surface area contributed by atoms with Gasteiger partial charge >= 0.3 is 0 Å². The van der Waals surface area contributed by atoms with Crippen molar-refractivity contribution < 1.29 is 19.1 Å². The molecule has 0 N–H and O–H groups in total. The Balaban J connectivity index is 1.45. The number of ether oxygens (including phenoxy) is 2. The van der Waals surface area contributed by atoms with E-state index < -0.39 is 5.92 Å². The third-order valence-electron chi connectivity index (χ3n) is 7.09. The van der Waals surface area contributed by atoms with Crippen LogP contribution in [0.25, 0.3) is 0 Å². The van der Waals surface area contributed by atoms with Gasteiger partial charge in [-0.25, -0.2) is 0 Å². The average molecular weight is 506 g/mol. The zero-order valence-corrected chi connectivity index (χ0v) is 21.4. The highest BCUT2D eigenvalue weighted by Crippen LogP contribution is 2.45. The Morgan fingerprint density at radius 3 is 2.44 bits per heavy atom. The maximum atomic E-state index is 14.2. The zero-order chi connectivity index (χ0) is 25.1. The Hall–Kier alpha value is -3.36. The second-order valence-electron chi connectivity index (χ2n) is 9.00. The second kappa shape index (κ2) is 10.7. The topological polar surface area (TPSA) is 62.3 Å². The Morgan fingerprint density at radius 2 is 1.72 bits per heavy atom. The normalized spacial score (nSPS) is 19.8. The van der Waals surface area contributed by atoms with Crippen LogP contribution in [0.15, 0.2) is 66.0 Å². The number of anilines is 1. The van der Waals surface area contributed by atoms with Gasteiger partial charge in [0.05, 0.1) is 31.4 Å². The van der Waals surface area contributed by atoms with Gasteiger partial charge in [-0.1, -0.05) is 36.4 Å². The predicted octanol–water partition coefficient (Wildman–Crippen LogP) is 4.03. The van der Waals surface area contributed by atoms with E-state index in [9.17, 15) is 9.59 Å². The van der Waals surface area contributed by atoms with E-state index in [-0.39, 0.29) is 17.9 Å². The average Bonchev–Trinajstić information content (AvgIpc) is 3.47. The molecule has 3 aromatic rings. The summed E-state index contributed by atoms with van der Waals surface area (Å²) in [6, 6.07) is 19.2. The Bertz CT molecular complexity index is 1210. The molecule has 2 atom stereocenters. The Kier molecular flexibility index (Phi) is 7.25. The Labute approximate surface area is 215 Å². The molecule has 0 radical (unpaired) electrons. The van der Waals surface area contributed by atoms with Gasteiger partial charge in [0.15, 0.2) is 0 Å². The van der Waals surface area contributed by atoms with Crippen LogP contribution in [0.3, 0.4) is 0 Å². The van der Waals surface area contributed by atoms with Crippen molar-refractivity contribution in [3.05, 3.63) is 82.0 Å². The van der Waals surface area contributed by atoms with Crippen molar-refractivity contribution in [2.24, 2.45) is 0 Å². The number of rotatable bonds is 7. The van der Waals surface area contributed by atoms with Crippen LogP contribution >= 0.6 is 11.3 Å². The molecule has 2 aliphatic rings. The summed E-state index contributed by atoms with van der Waals surface area (Å²) in [6.45, 7) is 3.50. The van der Waals surface area contributed by atoms with Crippen molar-refractivity contribution in [3.63, 3.8) is 0 Å². The summed E-state index contributed by atoms with van der Waals surface area (Å²) in [5, 5.41) is 2.00. The standard InChI is InChI=1S/C28H31N3O4S/c1-34-18-17-31-26(24-12-7-19-36-24)25(20-8-3-4-9-21(20)27(31)32)28(33)30-15-13-29(14-16-30)22-10-5-6-11-23(22)35-2/h3-12,19,25-26H,13-18H2,1-2H3/t25-,26+/m0/s1. The lowest BCUT2D eigenvalue weighted by molar-refractivity contribution is -0.135. The van der Waals surface area contributed by atoms with Gasteiger partial charge in [0.2, 0.25) is 5.91 Å². The monoisotopic (exact) mass is 505 g/mol. The van der Waals surface area contributed by atoms with Crippen molar-refractivity contribution in [1.82, 2.24) is 9.80 Å². The molecule has 3 heterocycles. The molecular formula is C28H31N3O4S. The first-order valence-electron chi connectivity index (χ1n) is 12.2. The van der Waals surface area contributed by atoms with Gasteiger partial charge in [-0.2, -0.15) is 0 Å². The van der Waals surface area contributed by atoms with E-state index in [1.54, 1.807) is 25.6 Å². The summed E-state index contributed by atoms with van der Waals surface area (Å²) in [6.07, 6.45) is 0. The summed E-state index contributed by atoms with van der Waals surface area (Å²) in [7, 11) is 3.31. The van der Waals surface area contributed by atoms with Gasteiger partial charge in [0, 0.05) is 50.3 Å². The van der Waals surface area contributed by atoms with Crippen LogP contribution in [0, 0.1) is 0 Å². The number of carbonyl (C=O) groups excluding carboxylic acids is 2. The summed E-state index contributed by atoms with van der Waals surface area (Å²) >= 11 is 1.59. The highest BCUT2D eigenvalue weighted by Gasteiger charge is 2.46. The van der Waals surface area contributed by atoms with Gasteiger partial charge in [0.1, 0.15) is 5.75 Å². The molecule has 2 amide bonds. The van der Waals surface area contributed by atoms with E-state index in [1.165, 1.54) is 0 Å². The molecule has 7 nitrogen and oxygen atoms in total. The quantitative estimate of drug-likeness (QED) is 0.485. The van der Waals surface area contributed by atoms with Crippen LogP contribution < -0.4 is 9.64 Å². The van der Waals surface area contributed by atoms with Crippen LogP contribution in [-0.4, -0.2) is 75.2 Å². The fourth-order valence-corrected chi connectivity index (χ4v) is 6.20. The molecule has 188 valence electrons. The number of benzene rings is 2. The molecule has 0 unspecified atom stereocenters. The number of nitrogens with zero attached hydrogens (tertiary/aromatic N) is 3. The molecule has 1 aromatic heterocycles. The molecule has 5 rings (SSSR count). The maximum absolute atomic E-state index is 14.2. The number of hydrogen-bond acceptors (Lipinski definition) is 6. The fourth-order valence-electron chi connectivity index (χ4n) is 5.33. The van der Waals surface area contributed by atoms with Gasteiger partial charge in [-0.05, 0) is 35.2 Å². The minimum absolute atomic E-state index is 0.0499. The highest BCUT2D eigenvalue weighted by molar-refractivity contribution is 7.10. The van der Waals surface area contributed by atoms with Crippen LogP contribution in [0.2, 0.25) is 0 Å². The number of piperazine rings is 1. The van der Waals surface area contributed by atoms with Crippen LogP contribution in [0.4, 0.5) is 5.69 Å². The van der Waals surface area contributed by atoms with Gasteiger partial charge in [-0.15, -0.1) is 11.3 Å². The van der Waals surface area contributed by atoms with E-state index in [0.717, 1.165) is 35.0 Å². The van der Waals surface area contributed by atoms with Crippen LogP contribution in [0.5, 0.6) is 5.75 Å². The molecule has 2 aliphatic heterocycles. The number of hydrogen-bond donors (Lipinski definition) is 0. The fraction of sp³-hybridized carbons (Fsp3) is 0.357. The molecule has 2 aromatic carbocycles. The summed E-state index contributed by atoms with van der Waals surface area (Å²) in [5.74, 6) is 0.386. The van der Waals surface area contributed by atoms with E-state index in [0.29, 0.717) is 31.8 Å². The SMILES string of the molecule is COCCN1C(=O)c2ccccc2[C@H](C(=O)N2CCN(c3ccccc3OC)CC2)[C@H]1c1cccs1. The van der Waals surface area contributed by atoms with Crippen molar-refractivity contribution in [2.75, 3.05) is 58.5 Å². The summed E-state index contributed by atoms with van der Waals surface area (Å²) in [4.78, 5) is 34.9. The molecule has 0 spiro atoms. The lowest BCUT2D eigenvalue weighted by atomic mass is 9.81. The van der Waals surface area contributed by atoms with Crippen molar-refractivity contribution in [2.45, 2.75) is 12.0 Å². The zero-order valence-electron chi connectivity index (χ0n) is 20.6. The van der Waals surface area contributed by atoms with E-state index >= 15 is 0 Å². The molecular weight excluding hydrogens is 474 g/mol. The van der Waals surface area contributed by atoms with Crippen molar-refractivity contribution in [1.29, 1.82) is 0 Å². The number of methoxy groups -OCH3 is 2. The summed E-state index contributed by atoms with van der Waals surface area (Å²) < 4.78 is 10.9. The number of carbonyl (C=O) groups is 2. The first kappa shape index (κ1) is 24.3. The number of thiophene rings is 1. The van der Waals surface area contributed by atoms with E-state index in [1.807, 2.05) is 69.8 Å². The molecule has 8 heteroatoms. The molecule has 1 fully saturated rings. The number of para-hydroxylation sites is 2. The minimum atomic E-state index is -0.466. The first-order chi connectivity index (χ1) is 17.6. The van der Waals surface area contributed by atoms with Crippen molar-refractivity contribution in [3.8, 4) is 5.75 Å². The van der Waals surface area contributed by atoms with Gasteiger partial charge in [0.25, 0.3) is 5.91 Å². The maximum Gasteiger partial charge on any atom is 0.254 e. The molecule has 0 bridgehead atoms. The summed E-state index contributed by atoms with van der Waals surface area (Å²) in [5.41, 5.74) is 2.46. The number of fused-ring (bicyclic) bond motifs is 1.